The van der Waals surface area contributed by atoms with Gasteiger partial charge in [0.15, 0.2) is 0 Å². The molecule has 0 aliphatic carbocycles. The zero-order valence-electron chi connectivity index (χ0n) is 11.0. The number of amides is 3. The normalized spacial score (nSPS) is 18.1. The second-order valence-corrected chi connectivity index (χ2v) is 4.56. The summed E-state index contributed by atoms with van der Waals surface area (Å²) < 4.78 is 5.17. The summed E-state index contributed by atoms with van der Waals surface area (Å²) in [6.07, 6.45) is 0.0548. The van der Waals surface area contributed by atoms with E-state index in [1.54, 1.807) is 6.07 Å². The van der Waals surface area contributed by atoms with Crippen molar-refractivity contribution in [3.63, 3.8) is 0 Å². The Bertz CT molecular complexity index is 585. The number of hydrogen-bond acceptors (Lipinski definition) is 4. The summed E-state index contributed by atoms with van der Waals surface area (Å²) in [6.45, 7) is 0.173. The Labute approximate surface area is 115 Å². The van der Waals surface area contributed by atoms with E-state index in [2.05, 4.69) is 0 Å². The molecular weight excluding hydrogens is 262 g/mol. The molecule has 0 unspecified atom stereocenters. The maximum absolute atomic E-state index is 12.0. The smallest absolute Gasteiger partial charge is 0.248 e. The van der Waals surface area contributed by atoms with Crippen LogP contribution in [0.3, 0.4) is 0 Å². The third kappa shape index (κ3) is 2.42. The molecule has 0 radical (unpaired) electrons. The molecule has 1 heterocycles. The summed E-state index contributed by atoms with van der Waals surface area (Å²) in [5.41, 5.74) is 11.1. The van der Waals surface area contributed by atoms with Gasteiger partial charge in [0, 0.05) is 18.5 Å². The highest BCUT2D eigenvalue weighted by molar-refractivity contribution is 6.02. The highest BCUT2D eigenvalue weighted by atomic mass is 16.5. The van der Waals surface area contributed by atoms with Crippen molar-refractivity contribution in [1.82, 2.24) is 0 Å². The number of carbonyl (C=O) groups is 3. The summed E-state index contributed by atoms with van der Waals surface area (Å²) in [7, 11) is 1.45. The van der Waals surface area contributed by atoms with Gasteiger partial charge in [-0.1, -0.05) is 0 Å². The van der Waals surface area contributed by atoms with Gasteiger partial charge in [0.1, 0.15) is 5.75 Å². The zero-order chi connectivity index (χ0) is 14.9. The molecule has 1 aromatic rings. The van der Waals surface area contributed by atoms with Crippen LogP contribution < -0.4 is 21.1 Å². The quantitative estimate of drug-likeness (QED) is 0.781. The van der Waals surface area contributed by atoms with Crippen molar-refractivity contribution in [2.24, 2.45) is 17.4 Å². The topological polar surface area (TPSA) is 116 Å². The average Bonchev–Trinajstić information content (AvgIpc) is 2.80. The Morgan fingerprint density at radius 1 is 1.35 bits per heavy atom. The van der Waals surface area contributed by atoms with Gasteiger partial charge in [-0.3, -0.25) is 14.4 Å². The van der Waals surface area contributed by atoms with Crippen LogP contribution in [-0.4, -0.2) is 31.4 Å². The molecule has 1 fully saturated rings. The molecule has 4 N–H and O–H groups in total. The Hall–Kier alpha value is -2.57. The van der Waals surface area contributed by atoms with Gasteiger partial charge in [0.2, 0.25) is 17.7 Å². The van der Waals surface area contributed by atoms with Crippen LogP contribution in [0.2, 0.25) is 0 Å². The van der Waals surface area contributed by atoms with Crippen LogP contribution in [0.1, 0.15) is 16.8 Å². The maximum Gasteiger partial charge on any atom is 0.248 e. The largest absolute Gasteiger partial charge is 0.495 e. The van der Waals surface area contributed by atoms with E-state index in [1.807, 2.05) is 0 Å². The Morgan fingerprint density at radius 3 is 2.55 bits per heavy atom. The molecule has 2 rings (SSSR count). The second kappa shape index (κ2) is 5.20. The third-order valence-electron chi connectivity index (χ3n) is 3.28. The number of primary amides is 2. The number of nitrogens with zero attached hydrogens (tertiary/aromatic N) is 1. The lowest BCUT2D eigenvalue weighted by molar-refractivity contribution is -0.123. The Balaban J connectivity index is 2.40. The minimum absolute atomic E-state index is 0.0548. The molecule has 1 aliphatic heterocycles. The van der Waals surface area contributed by atoms with Gasteiger partial charge in [-0.05, 0) is 18.2 Å². The number of carbonyl (C=O) groups excluding carboxylic acids is 3. The second-order valence-electron chi connectivity index (χ2n) is 4.56. The molecule has 3 amide bonds. The lowest BCUT2D eigenvalue weighted by Gasteiger charge is -2.19. The number of methoxy groups -OCH3 is 1. The lowest BCUT2D eigenvalue weighted by Crippen LogP contribution is -2.29. The molecule has 1 aromatic carbocycles. The SMILES string of the molecule is COc1ccc(C(N)=O)cc1N1C[C@@H](C(N)=O)CC1=O. The molecular formula is C13H15N3O4. The van der Waals surface area contributed by atoms with Gasteiger partial charge in [-0.25, -0.2) is 0 Å². The fraction of sp³-hybridized carbons (Fsp3) is 0.308. The Morgan fingerprint density at radius 2 is 2.05 bits per heavy atom. The van der Waals surface area contributed by atoms with Crippen molar-refractivity contribution in [3.8, 4) is 5.75 Å². The first-order valence-electron chi connectivity index (χ1n) is 6.01. The van der Waals surface area contributed by atoms with Crippen LogP contribution in [-0.2, 0) is 9.59 Å². The van der Waals surface area contributed by atoms with E-state index >= 15 is 0 Å². The van der Waals surface area contributed by atoms with Crippen LogP contribution in [0.25, 0.3) is 0 Å². The predicted molar refractivity (Wildman–Crippen MR) is 71.2 cm³/mol. The first-order valence-corrected chi connectivity index (χ1v) is 6.01. The highest BCUT2D eigenvalue weighted by Crippen LogP contribution is 2.33. The van der Waals surface area contributed by atoms with Gasteiger partial charge >= 0.3 is 0 Å². The van der Waals surface area contributed by atoms with Crippen molar-refractivity contribution in [1.29, 1.82) is 0 Å². The first kappa shape index (κ1) is 13.9. The molecule has 7 heteroatoms. The van der Waals surface area contributed by atoms with E-state index in [-0.39, 0.29) is 24.4 Å². The van der Waals surface area contributed by atoms with E-state index in [4.69, 9.17) is 16.2 Å². The number of ether oxygens (including phenoxy) is 1. The van der Waals surface area contributed by atoms with Crippen molar-refractivity contribution in [2.75, 3.05) is 18.6 Å². The molecule has 1 atom stereocenters. The van der Waals surface area contributed by atoms with Gasteiger partial charge in [-0.15, -0.1) is 0 Å². The lowest BCUT2D eigenvalue weighted by atomic mass is 10.1. The van der Waals surface area contributed by atoms with Crippen LogP contribution in [0, 0.1) is 5.92 Å². The number of rotatable bonds is 4. The summed E-state index contributed by atoms with van der Waals surface area (Å²) >= 11 is 0. The van der Waals surface area contributed by atoms with E-state index in [9.17, 15) is 14.4 Å². The Kier molecular flexibility index (Phi) is 3.60. The standard InChI is InChI=1S/C13H15N3O4/c1-20-10-3-2-7(12(14)18)4-9(10)16-6-8(13(15)19)5-11(16)17/h2-4,8H,5-6H2,1H3,(H2,14,18)(H2,15,19)/t8-/m0/s1. The summed E-state index contributed by atoms with van der Waals surface area (Å²) in [5.74, 6) is -1.48. The molecule has 1 saturated heterocycles. The van der Waals surface area contributed by atoms with Crippen molar-refractivity contribution >= 4 is 23.4 Å². The van der Waals surface area contributed by atoms with Crippen molar-refractivity contribution in [2.45, 2.75) is 6.42 Å². The fourth-order valence-electron chi connectivity index (χ4n) is 2.19. The summed E-state index contributed by atoms with van der Waals surface area (Å²) in [5, 5.41) is 0. The van der Waals surface area contributed by atoms with Gasteiger partial charge in [0.05, 0.1) is 18.7 Å². The number of benzene rings is 1. The summed E-state index contributed by atoms with van der Waals surface area (Å²) in [4.78, 5) is 35.8. The van der Waals surface area contributed by atoms with Crippen molar-refractivity contribution in [3.05, 3.63) is 23.8 Å². The van der Waals surface area contributed by atoms with E-state index in [1.165, 1.54) is 24.1 Å². The highest BCUT2D eigenvalue weighted by Gasteiger charge is 2.35. The number of nitrogens with two attached hydrogens (primary N) is 2. The monoisotopic (exact) mass is 277 g/mol. The molecule has 0 bridgehead atoms. The average molecular weight is 277 g/mol. The van der Waals surface area contributed by atoms with E-state index in [0.717, 1.165) is 0 Å². The molecule has 0 saturated carbocycles. The van der Waals surface area contributed by atoms with Crippen LogP contribution in [0.4, 0.5) is 5.69 Å². The number of anilines is 1. The van der Waals surface area contributed by atoms with Crippen LogP contribution in [0.15, 0.2) is 18.2 Å². The predicted octanol–water partition coefficient (Wildman–Crippen LogP) is -0.368. The fourth-order valence-corrected chi connectivity index (χ4v) is 2.19. The first-order chi connectivity index (χ1) is 9.43. The van der Waals surface area contributed by atoms with Gasteiger partial charge in [0.25, 0.3) is 0 Å². The minimum atomic E-state index is -0.605. The van der Waals surface area contributed by atoms with Crippen LogP contribution in [0.5, 0.6) is 5.75 Å². The molecule has 0 aromatic heterocycles. The van der Waals surface area contributed by atoms with Crippen molar-refractivity contribution < 1.29 is 19.1 Å². The zero-order valence-corrected chi connectivity index (χ0v) is 11.0. The van der Waals surface area contributed by atoms with Gasteiger partial charge < -0.3 is 21.1 Å². The number of hydrogen-bond donors (Lipinski definition) is 2. The van der Waals surface area contributed by atoms with Crippen LogP contribution >= 0.6 is 0 Å². The maximum atomic E-state index is 12.0. The molecule has 0 spiro atoms. The third-order valence-corrected chi connectivity index (χ3v) is 3.28. The van der Waals surface area contributed by atoms with E-state index in [0.29, 0.717) is 11.4 Å². The molecule has 1 aliphatic rings. The molecule has 20 heavy (non-hydrogen) atoms. The summed E-state index contributed by atoms with van der Waals surface area (Å²) in [6, 6.07) is 4.54. The van der Waals surface area contributed by atoms with E-state index < -0.39 is 17.7 Å². The molecule has 7 nitrogen and oxygen atoms in total. The molecule has 106 valence electrons. The van der Waals surface area contributed by atoms with Gasteiger partial charge in [-0.2, -0.15) is 0 Å². The minimum Gasteiger partial charge on any atom is -0.495 e.